The molecule has 0 atom stereocenters. The first-order chi connectivity index (χ1) is 9.75. The molecule has 0 spiro atoms. The van der Waals surface area contributed by atoms with Crippen LogP contribution in [0.4, 0.5) is 5.69 Å². The number of nitrogens with zero attached hydrogens (tertiary/aromatic N) is 2. The number of carbonyl (C=O) groups excluding carboxylic acids is 1. The second-order valence-corrected chi connectivity index (χ2v) is 6.71. The fraction of sp³-hybridized carbons (Fsp3) is 0.500. The molecule has 0 unspecified atom stereocenters. The van der Waals surface area contributed by atoms with Crippen molar-refractivity contribution < 1.29 is 9.72 Å². The highest BCUT2D eigenvalue weighted by atomic mass is 32.2. The quantitative estimate of drug-likeness (QED) is 0.473. The Bertz CT molecular complexity index is 503. The zero-order chi connectivity index (χ0) is 16.0. The highest BCUT2D eigenvalue weighted by molar-refractivity contribution is 8.00. The summed E-state index contributed by atoms with van der Waals surface area (Å²) in [5.74, 6) is 0.314. The number of non-ortho nitro benzene ring substituents is 1. The first kappa shape index (κ1) is 17.5. The molecule has 21 heavy (non-hydrogen) atoms. The third-order valence-corrected chi connectivity index (χ3v) is 4.05. The lowest BCUT2D eigenvalue weighted by atomic mass is 9.93. The summed E-state index contributed by atoms with van der Waals surface area (Å²) in [6.07, 6.45) is 0. The maximum Gasteiger partial charge on any atom is 0.269 e. The van der Waals surface area contributed by atoms with E-state index in [1.165, 1.54) is 23.9 Å². The molecule has 2 N–H and O–H groups in total. The fourth-order valence-electron chi connectivity index (χ4n) is 1.71. The summed E-state index contributed by atoms with van der Waals surface area (Å²) < 4.78 is 0. The summed E-state index contributed by atoms with van der Waals surface area (Å²) in [5, 5.41) is 10.6. The number of nitro benzene ring substituents is 1. The molecule has 1 aromatic rings. The second-order valence-electron chi connectivity index (χ2n) is 5.66. The molecule has 116 valence electrons. The summed E-state index contributed by atoms with van der Waals surface area (Å²) in [7, 11) is 1.76. The molecule has 0 heterocycles. The van der Waals surface area contributed by atoms with Crippen LogP contribution < -0.4 is 5.73 Å². The van der Waals surface area contributed by atoms with Crippen molar-refractivity contribution in [2.24, 2.45) is 11.1 Å². The fourth-order valence-corrected chi connectivity index (χ4v) is 2.55. The predicted molar refractivity (Wildman–Crippen MR) is 84.3 cm³/mol. The SMILES string of the molecule is CN(CC(C)(C)CN)C(=O)CSc1ccc([N+](=O)[O-])cc1. The van der Waals surface area contributed by atoms with E-state index < -0.39 is 4.92 Å². The van der Waals surface area contributed by atoms with Crippen LogP contribution in [0.25, 0.3) is 0 Å². The summed E-state index contributed by atoms with van der Waals surface area (Å²) in [6, 6.07) is 6.18. The molecule has 7 heteroatoms. The van der Waals surface area contributed by atoms with Gasteiger partial charge in [0.25, 0.3) is 5.69 Å². The number of hydrogen-bond donors (Lipinski definition) is 1. The highest BCUT2D eigenvalue weighted by Crippen LogP contribution is 2.22. The number of nitrogens with two attached hydrogens (primary N) is 1. The van der Waals surface area contributed by atoms with E-state index in [2.05, 4.69) is 0 Å². The van der Waals surface area contributed by atoms with Gasteiger partial charge in [0.05, 0.1) is 10.7 Å². The van der Waals surface area contributed by atoms with E-state index in [0.717, 1.165) is 4.90 Å². The minimum absolute atomic E-state index is 0.0138. The number of nitro groups is 1. The van der Waals surface area contributed by atoms with Crippen molar-refractivity contribution in [2.75, 3.05) is 25.9 Å². The maximum absolute atomic E-state index is 12.0. The van der Waals surface area contributed by atoms with E-state index in [0.29, 0.717) is 18.8 Å². The molecule has 0 saturated carbocycles. The Hall–Kier alpha value is -1.60. The van der Waals surface area contributed by atoms with E-state index in [1.54, 1.807) is 24.1 Å². The molecule has 0 aliphatic carbocycles. The van der Waals surface area contributed by atoms with Crippen molar-refractivity contribution in [3.63, 3.8) is 0 Å². The van der Waals surface area contributed by atoms with Gasteiger partial charge in [-0.1, -0.05) is 13.8 Å². The standard InChI is InChI=1S/C14H21N3O3S/c1-14(2,9-15)10-16(3)13(18)8-21-12-6-4-11(5-7-12)17(19)20/h4-7H,8-10,15H2,1-3H3. The van der Waals surface area contributed by atoms with E-state index in [-0.39, 0.29) is 17.0 Å². The van der Waals surface area contributed by atoms with Crippen LogP contribution >= 0.6 is 11.8 Å². The van der Waals surface area contributed by atoms with Crippen LogP contribution in [-0.4, -0.2) is 41.6 Å². The van der Waals surface area contributed by atoms with E-state index in [4.69, 9.17) is 5.73 Å². The molecular weight excluding hydrogens is 290 g/mol. The van der Waals surface area contributed by atoms with Gasteiger partial charge in [0, 0.05) is 30.6 Å². The van der Waals surface area contributed by atoms with Gasteiger partial charge < -0.3 is 10.6 Å². The van der Waals surface area contributed by atoms with Crippen molar-refractivity contribution in [1.29, 1.82) is 0 Å². The smallest absolute Gasteiger partial charge is 0.269 e. The van der Waals surface area contributed by atoms with Crippen LogP contribution in [-0.2, 0) is 4.79 Å². The molecule has 6 nitrogen and oxygen atoms in total. The summed E-state index contributed by atoms with van der Waals surface area (Å²) in [4.78, 5) is 24.7. The van der Waals surface area contributed by atoms with Crippen molar-refractivity contribution in [3.8, 4) is 0 Å². The van der Waals surface area contributed by atoms with Crippen molar-refractivity contribution in [3.05, 3.63) is 34.4 Å². The summed E-state index contributed by atoms with van der Waals surface area (Å²) in [6.45, 7) is 5.14. The Morgan fingerprint density at radius 3 is 2.43 bits per heavy atom. The van der Waals surface area contributed by atoms with Gasteiger partial charge in [-0.05, 0) is 24.1 Å². The molecule has 0 bridgehead atoms. The van der Waals surface area contributed by atoms with Gasteiger partial charge >= 0.3 is 0 Å². The van der Waals surface area contributed by atoms with Gasteiger partial charge in [-0.3, -0.25) is 14.9 Å². The van der Waals surface area contributed by atoms with E-state index in [1.807, 2.05) is 13.8 Å². The monoisotopic (exact) mass is 311 g/mol. The molecule has 1 aromatic carbocycles. The third kappa shape index (κ3) is 5.73. The van der Waals surface area contributed by atoms with E-state index in [9.17, 15) is 14.9 Å². The Morgan fingerprint density at radius 2 is 1.95 bits per heavy atom. The maximum atomic E-state index is 12.0. The topological polar surface area (TPSA) is 89.5 Å². The van der Waals surface area contributed by atoms with Crippen molar-refractivity contribution in [1.82, 2.24) is 4.90 Å². The van der Waals surface area contributed by atoms with Crippen LogP contribution in [0.1, 0.15) is 13.8 Å². The lowest BCUT2D eigenvalue weighted by molar-refractivity contribution is -0.384. The second kappa shape index (κ2) is 7.42. The molecule has 0 aliphatic heterocycles. The number of amides is 1. The van der Waals surface area contributed by atoms with Gasteiger partial charge in [0.1, 0.15) is 0 Å². The largest absolute Gasteiger partial charge is 0.344 e. The number of thioether (sulfide) groups is 1. The average Bonchev–Trinajstić information content (AvgIpc) is 2.44. The van der Waals surface area contributed by atoms with Crippen LogP contribution in [0.5, 0.6) is 0 Å². The van der Waals surface area contributed by atoms with Gasteiger partial charge in [-0.25, -0.2) is 0 Å². The number of rotatable bonds is 7. The molecular formula is C14H21N3O3S. The minimum atomic E-state index is -0.442. The van der Waals surface area contributed by atoms with Gasteiger partial charge in [-0.15, -0.1) is 11.8 Å². The molecule has 1 amide bonds. The van der Waals surface area contributed by atoms with Crippen molar-refractivity contribution >= 4 is 23.4 Å². The van der Waals surface area contributed by atoms with Crippen molar-refractivity contribution in [2.45, 2.75) is 18.7 Å². The molecule has 0 fully saturated rings. The molecule has 0 aromatic heterocycles. The molecule has 0 saturated heterocycles. The zero-order valence-corrected chi connectivity index (χ0v) is 13.4. The summed E-state index contributed by atoms with van der Waals surface area (Å²) >= 11 is 1.37. The van der Waals surface area contributed by atoms with Crippen LogP contribution in [0.2, 0.25) is 0 Å². The Kier molecular flexibility index (Phi) is 6.17. The van der Waals surface area contributed by atoms with Crippen LogP contribution in [0, 0.1) is 15.5 Å². The van der Waals surface area contributed by atoms with Crippen LogP contribution in [0.3, 0.4) is 0 Å². The molecule has 0 radical (unpaired) electrons. The third-order valence-electron chi connectivity index (χ3n) is 3.05. The molecule has 1 rings (SSSR count). The number of benzene rings is 1. The predicted octanol–water partition coefficient (Wildman–Crippen LogP) is 2.13. The minimum Gasteiger partial charge on any atom is -0.344 e. The number of carbonyl (C=O) groups is 1. The Morgan fingerprint density at radius 1 is 1.38 bits per heavy atom. The number of hydrogen-bond acceptors (Lipinski definition) is 5. The first-order valence-corrected chi connectivity index (χ1v) is 7.55. The highest BCUT2D eigenvalue weighted by Gasteiger charge is 2.21. The molecule has 0 aliphatic rings. The average molecular weight is 311 g/mol. The van der Waals surface area contributed by atoms with Gasteiger partial charge in [0.15, 0.2) is 0 Å². The van der Waals surface area contributed by atoms with E-state index >= 15 is 0 Å². The van der Waals surface area contributed by atoms with Crippen LogP contribution in [0.15, 0.2) is 29.2 Å². The van der Waals surface area contributed by atoms with Gasteiger partial charge in [-0.2, -0.15) is 0 Å². The zero-order valence-electron chi connectivity index (χ0n) is 12.5. The first-order valence-electron chi connectivity index (χ1n) is 6.56. The summed E-state index contributed by atoms with van der Waals surface area (Å²) in [5.41, 5.74) is 5.60. The normalized spacial score (nSPS) is 11.2. The Balaban J connectivity index is 2.50. The Labute approximate surface area is 128 Å². The lowest BCUT2D eigenvalue weighted by Gasteiger charge is -2.29. The van der Waals surface area contributed by atoms with Gasteiger partial charge in [0.2, 0.25) is 5.91 Å². The lowest BCUT2D eigenvalue weighted by Crippen LogP contribution is -2.40.